The van der Waals surface area contributed by atoms with Crippen molar-refractivity contribution >= 4 is 33.4 Å². The molecule has 0 bridgehead atoms. The zero-order valence-electron chi connectivity index (χ0n) is 9.97. The number of nitrogens with one attached hydrogen (secondary N) is 3. The Morgan fingerprint density at radius 2 is 2.00 bits per heavy atom. The average Bonchev–Trinajstić information content (AvgIpc) is 2.36. The molecule has 1 saturated heterocycles. The molecule has 0 aliphatic carbocycles. The fraction of sp³-hybridized carbons (Fsp3) is 0.300. The second-order valence-corrected chi connectivity index (χ2v) is 6.26. The summed E-state index contributed by atoms with van der Waals surface area (Å²) in [6.07, 6.45) is 1.09. The van der Waals surface area contributed by atoms with E-state index < -0.39 is 33.4 Å². The van der Waals surface area contributed by atoms with E-state index in [1.54, 1.807) is 0 Å². The van der Waals surface area contributed by atoms with Gasteiger partial charge in [0.05, 0.1) is 4.90 Å². The fourth-order valence-electron chi connectivity index (χ4n) is 1.65. The van der Waals surface area contributed by atoms with Crippen LogP contribution in [0.2, 0.25) is 5.02 Å². The number of H-pyrrole nitrogens is 1. The van der Waals surface area contributed by atoms with Gasteiger partial charge in [0.25, 0.3) is 5.56 Å². The number of rotatable bonds is 3. The van der Waals surface area contributed by atoms with Gasteiger partial charge in [-0.1, -0.05) is 11.6 Å². The van der Waals surface area contributed by atoms with Crippen LogP contribution in [0.1, 0.15) is 12.8 Å². The second-order valence-electron chi connectivity index (χ2n) is 4.14. The highest BCUT2D eigenvalue weighted by molar-refractivity contribution is 7.89. The van der Waals surface area contributed by atoms with Gasteiger partial charge in [0.1, 0.15) is 11.1 Å². The first-order chi connectivity index (χ1) is 9.29. The van der Waals surface area contributed by atoms with E-state index in [2.05, 4.69) is 9.71 Å². The van der Waals surface area contributed by atoms with Crippen molar-refractivity contribution in [2.24, 2.45) is 0 Å². The minimum absolute atomic E-state index is 0.0469. The zero-order valence-corrected chi connectivity index (χ0v) is 11.5. The van der Waals surface area contributed by atoms with Crippen LogP contribution in [0.15, 0.2) is 22.0 Å². The van der Waals surface area contributed by atoms with E-state index in [1.165, 1.54) is 0 Å². The number of imide groups is 1. The van der Waals surface area contributed by atoms with Gasteiger partial charge >= 0.3 is 0 Å². The number of pyridine rings is 1. The van der Waals surface area contributed by atoms with Crippen molar-refractivity contribution in [2.45, 2.75) is 23.8 Å². The number of sulfonamides is 1. The van der Waals surface area contributed by atoms with Crippen LogP contribution in [-0.4, -0.2) is 31.3 Å². The van der Waals surface area contributed by atoms with Gasteiger partial charge in [0.15, 0.2) is 0 Å². The molecule has 0 spiro atoms. The maximum Gasteiger partial charge on any atom is 0.266 e. The molecule has 2 amide bonds. The number of hydrogen-bond acceptors (Lipinski definition) is 5. The first-order valence-electron chi connectivity index (χ1n) is 5.54. The lowest BCUT2D eigenvalue weighted by atomic mass is 10.1. The molecular weight excluding hydrogens is 310 g/mol. The van der Waals surface area contributed by atoms with Crippen LogP contribution >= 0.6 is 11.6 Å². The molecule has 0 saturated carbocycles. The molecule has 0 radical (unpaired) electrons. The van der Waals surface area contributed by atoms with Gasteiger partial charge in [-0.3, -0.25) is 19.7 Å². The summed E-state index contributed by atoms with van der Waals surface area (Å²) < 4.78 is 26.2. The number of aromatic amines is 1. The Balaban J connectivity index is 2.23. The largest absolute Gasteiger partial charge is 0.326 e. The number of aromatic nitrogens is 1. The topological polar surface area (TPSA) is 125 Å². The lowest BCUT2D eigenvalue weighted by molar-refractivity contribution is -0.134. The molecule has 3 N–H and O–H groups in total. The Bertz CT molecular complexity index is 727. The van der Waals surface area contributed by atoms with E-state index in [4.69, 9.17) is 11.6 Å². The first kappa shape index (κ1) is 14.7. The summed E-state index contributed by atoms with van der Waals surface area (Å²) in [5.74, 6) is -1.15. The van der Waals surface area contributed by atoms with Crippen LogP contribution in [0.25, 0.3) is 0 Å². The van der Waals surface area contributed by atoms with Gasteiger partial charge in [0, 0.05) is 12.6 Å². The van der Waals surface area contributed by atoms with Gasteiger partial charge < -0.3 is 4.98 Å². The maximum atomic E-state index is 12.0. The van der Waals surface area contributed by atoms with E-state index in [1.807, 2.05) is 5.32 Å². The molecule has 1 unspecified atom stereocenters. The quantitative estimate of drug-likeness (QED) is 0.623. The lowest BCUT2D eigenvalue weighted by Gasteiger charge is -2.21. The summed E-state index contributed by atoms with van der Waals surface area (Å²) in [7, 11) is -4.03. The molecule has 1 aliphatic heterocycles. The normalized spacial score (nSPS) is 19.8. The molecule has 8 nitrogen and oxygen atoms in total. The Kier molecular flexibility index (Phi) is 3.93. The summed E-state index contributed by atoms with van der Waals surface area (Å²) in [6.45, 7) is 0. The van der Waals surface area contributed by atoms with Crippen LogP contribution in [0.4, 0.5) is 0 Å². The molecule has 1 aliphatic rings. The molecule has 2 heterocycles. The predicted octanol–water partition coefficient (Wildman–Crippen LogP) is -0.888. The molecule has 1 aromatic rings. The molecular formula is C10H10ClN3O5S. The third kappa shape index (κ3) is 3.06. The Hall–Kier alpha value is -1.71. The van der Waals surface area contributed by atoms with Crippen LogP contribution in [0, 0.1) is 0 Å². The number of carbonyl (C=O) groups excluding carboxylic acids is 2. The van der Waals surface area contributed by atoms with Crippen molar-refractivity contribution in [3.8, 4) is 0 Å². The van der Waals surface area contributed by atoms with Crippen molar-refractivity contribution in [1.29, 1.82) is 0 Å². The van der Waals surface area contributed by atoms with Gasteiger partial charge in [-0.2, -0.15) is 4.72 Å². The van der Waals surface area contributed by atoms with Crippen LogP contribution in [0.3, 0.4) is 0 Å². The Morgan fingerprint density at radius 1 is 1.30 bits per heavy atom. The van der Waals surface area contributed by atoms with Crippen molar-refractivity contribution in [3.63, 3.8) is 0 Å². The minimum atomic E-state index is -4.03. The smallest absolute Gasteiger partial charge is 0.266 e. The number of piperidine rings is 1. The number of carbonyl (C=O) groups is 2. The standard InChI is InChI=1S/C10H10ClN3O5S/c11-6-3-5(4-12-9(6)16)20(18,19)14-7-1-2-8(15)13-10(7)17/h3-4,7,14H,1-2H2,(H,12,16)(H,13,15,17). The van der Waals surface area contributed by atoms with Gasteiger partial charge in [0.2, 0.25) is 21.8 Å². The summed E-state index contributed by atoms with van der Waals surface area (Å²) in [4.78, 5) is 35.4. The van der Waals surface area contributed by atoms with Gasteiger partial charge in [-0.25, -0.2) is 8.42 Å². The summed E-state index contributed by atoms with van der Waals surface area (Å²) in [5, 5.41) is 1.75. The third-order valence-corrected chi connectivity index (χ3v) is 4.41. The lowest BCUT2D eigenvalue weighted by Crippen LogP contribution is -2.52. The average molecular weight is 320 g/mol. The third-order valence-electron chi connectivity index (χ3n) is 2.68. The molecule has 10 heteroatoms. The number of halogens is 1. The van der Waals surface area contributed by atoms with Crippen molar-refractivity contribution in [2.75, 3.05) is 0 Å². The van der Waals surface area contributed by atoms with Crippen molar-refractivity contribution in [3.05, 3.63) is 27.6 Å². The molecule has 1 fully saturated rings. The predicted molar refractivity (Wildman–Crippen MR) is 68.6 cm³/mol. The van der Waals surface area contributed by atoms with Crippen molar-refractivity contribution < 1.29 is 18.0 Å². The van der Waals surface area contributed by atoms with E-state index >= 15 is 0 Å². The molecule has 1 atom stereocenters. The SMILES string of the molecule is O=C1CCC(NS(=O)(=O)c2c[nH]c(=O)c(Cl)c2)C(=O)N1. The van der Waals surface area contributed by atoms with Gasteiger partial charge in [-0.15, -0.1) is 0 Å². The van der Waals surface area contributed by atoms with E-state index in [0.29, 0.717) is 0 Å². The molecule has 108 valence electrons. The Morgan fingerprint density at radius 3 is 2.60 bits per heavy atom. The number of amides is 2. The van der Waals surface area contributed by atoms with Crippen LogP contribution in [0.5, 0.6) is 0 Å². The van der Waals surface area contributed by atoms with E-state index in [-0.39, 0.29) is 22.8 Å². The van der Waals surface area contributed by atoms with Crippen molar-refractivity contribution in [1.82, 2.24) is 15.0 Å². The summed E-state index contributed by atoms with van der Waals surface area (Å²) in [5.41, 5.74) is -0.619. The highest BCUT2D eigenvalue weighted by Gasteiger charge is 2.31. The zero-order chi connectivity index (χ0) is 14.9. The first-order valence-corrected chi connectivity index (χ1v) is 7.40. The number of hydrogen-bond donors (Lipinski definition) is 3. The molecule has 0 aromatic carbocycles. The minimum Gasteiger partial charge on any atom is -0.326 e. The monoisotopic (exact) mass is 319 g/mol. The van der Waals surface area contributed by atoms with Gasteiger partial charge in [-0.05, 0) is 12.5 Å². The summed E-state index contributed by atoms with van der Waals surface area (Å²) in [6, 6.07) is -0.0578. The van der Waals surface area contributed by atoms with E-state index in [0.717, 1.165) is 12.3 Å². The van der Waals surface area contributed by atoms with E-state index in [9.17, 15) is 22.8 Å². The van der Waals surface area contributed by atoms with Crippen LogP contribution in [-0.2, 0) is 19.6 Å². The Labute approximate surface area is 118 Å². The fourth-order valence-corrected chi connectivity index (χ4v) is 3.11. The molecule has 20 heavy (non-hydrogen) atoms. The highest BCUT2D eigenvalue weighted by Crippen LogP contribution is 2.13. The molecule has 2 rings (SSSR count). The summed E-state index contributed by atoms with van der Waals surface area (Å²) >= 11 is 5.55. The second kappa shape index (κ2) is 5.35. The maximum absolute atomic E-state index is 12.0. The highest BCUT2D eigenvalue weighted by atomic mass is 35.5. The molecule has 1 aromatic heterocycles. The van der Waals surface area contributed by atoms with Crippen LogP contribution < -0.4 is 15.6 Å².